The number of hydrogen-bond acceptors (Lipinski definition) is 6. The predicted octanol–water partition coefficient (Wildman–Crippen LogP) is 4.26. The first-order chi connectivity index (χ1) is 16.4. The Morgan fingerprint density at radius 1 is 1.12 bits per heavy atom. The number of methoxy groups -OCH3 is 1. The van der Waals surface area contributed by atoms with Crippen LogP contribution in [0.2, 0.25) is 0 Å². The smallest absolute Gasteiger partial charge is 0.408 e. The molecule has 3 aliphatic rings. The molecule has 184 valence electrons. The largest absolute Gasteiger partial charge is 0.477 e. The highest BCUT2D eigenvalue weighted by Gasteiger charge is 2.43. The Hall–Kier alpha value is -2.71. The van der Waals surface area contributed by atoms with Crippen LogP contribution in [0.1, 0.15) is 45.1 Å². The van der Waals surface area contributed by atoms with Gasteiger partial charge < -0.3 is 19.5 Å². The van der Waals surface area contributed by atoms with Crippen molar-refractivity contribution in [2.45, 2.75) is 51.1 Å². The molecule has 1 N–H and O–H groups in total. The number of carboxylic acid groups (broad SMARTS) is 1. The van der Waals surface area contributed by atoms with E-state index in [9.17, 15) is 9.90 Å². The molecule has 3 aliphatic heterocycles. The van der Waals surface area contributed by atoms with Crippen molar-refractivity contribution >= 4 is 6.09 Å². The maximum absolute atomic E-state index is 12.6. The Bertz CT molecular complexity index is 958. The van der Waals surface area contributed by atoms with Crippen LogP contribution in [0.15, 0.2) is 36.4 Å². The van der Waals surface area contributed by atoms with E-state index in [0.29, 0.717) is 25.0 Å². The van der Waals surface area contributed by atoms with Crippen molar-refractivity contribution in [2.75, 3.05) is 40.0 Å². The van der Waals surface area contributed by atoms with Crippen LogP contribution < -0.4 is 4.74 Å². The van der Waals surface area contributed by atoms with Gasteiger partial charge in [-0.15, -0.1) is 10.2 Å². The highest BCUT2D eigenvalue weighted by Crippen LogP contribution is 2.39. The fourth-order valence-corrected chi connectivity index (χ4v) is 5.38. The van der Waals surface area contributed by atoms with E-state index in [4.69, 9.17) is 9.47 Å². The molecule has 0 spiro atoms. The molecule has 2 aromatic rings. The van der Waals surface area contributed by atoms with Gasteiger partial charge in [-0.25, -0.2) is 4.79 Å². The number of rotatable bonds is 9. The standard InChI is InChI=1S/C26H36N4O4/c1-26(2,30(25(31)32)23-12-15-29-13-10-19(23)11-14-29)21-7-4-6-20(18-21)22-8-9-24(28-27-22)34-17-5-16-33-3/h4,6-9,18-19,23H,5,10-17H2,1-3H3,(H,31,32). The summed E-state index contributed by atoms with van der Waals surface area (Å²) < 4.78 is 10.6. The summed E-state index contributed by atoms with van der Waals surface area (Å²) in [6.07, 6.45) is 2.96. The number of benzene rings is 1. The molecule has 2 bridgehead atoms. The number of nitrogens with zero attached hydrogens (tertiary/aromatic N) is 4. The average molecular weight is 469 g/mol. The molecular formula is C26H36N4O4. The second-order valence-corrected chi connectivity index (χ2v) is 9.78. The number of hydrogen-bond donors (Lipinski definition) is 1. The lowest BCUT2D eigenvalue weighted by Gasteiger charge is -2.45. The molecule has 0 radical (unpaired) electrons. The Labute approximate surface area is 201 Å². The normalized spacial score (nSPS) is 22.3. The third-order valence-electron chi connectivity index (χ3n) is 7.31. The quantitative estimate of drug-likeness (QED) is 0.550. The zero-order chi connectivity index (χ0) is 24.1. The molecule has 8 heteroatoms. The van der Waals surface area contributed by atoms with E-state index in [-0.39, 0.29) is 6.04 Å². The molecule has 1 amide bonds. The predicted molar refractivity (Wildman–Crippen MR) is 130 cm³/mol. The molecule has 0 aliphatic carbocycles. The summed E-state index contributed by atoms with van der Waals surface area (Å²) in [6, 6.07) is 11.7. The van der Waals surface area contributed by atoms with Crippen LogP contribution in [0.5, 0.6) is 5.88 Å². The van der Waals surface area contributed by atoms with Gasteiger partial charge in [0.2, 0.25) is 5.88 Å². The maximum atomic E-state index is 12.6. The van der Waals surface area contributed by atoms with Gasteiger partial charge >= 0.3 is 6.09 Å². The minimum Gasteiger partial charge on any atom is -0.477 e. The highest BCUT2D eigenvalue weighted by molar-refractivity contribution is 5.68. The van der Waals surface area contributed by atoms with Gasteiger partial charge in [0.25, 0.3) is 0 Å². The summed E-state index contributed by atoms with van der Waals surface area (Å²) in [5.74, 6) is 0.895. The molecule has 8 nitrogen and oxygen atoms in total. The molecule has 1 aromatic heterocycles. The number of amides is 1. The zero-order valence-corrected chi connectivity index (χ0v) is 20.4. The Kier molecular flexibility index (Phi) is 7.68. The van der Waals surface area contributed by atoms with Crippen molar-refractivity contribution in [3.63, 3.8) is 0 Å². The van der Waals surface area contributed by atoms with Crippen molar-refractivity contribution in [1.82, 2.24) is 20.0 Å². The van der Waals surface area contributed by atoms with Crippen LogP contribution in [0.25, 0.3) is 11.3 Å². The van der Waals surface area contributed by atoms with Crippen molar-refractivity contribution in [3.8, 4) is 17.1 Å². The van der Waals surface area contributed by atoms with Crippen molar-refractivity contribution in [3.05, 3.63) is 42.0 Å². The summed E-state index contributed by atoms with van der Waals surface area (Å²) in [7, 11) is 1.67. The fourth-order valence-electron chi connectivity index (χ4n) is 5.38. The second kappa shape index (κ2) is 10.7. The van der Waals surface area contributed by atoms with E-state index in [0.717, 1.165) is 62.1 Å². The van der Waals surface area contributed by atoms with Crippen LogP contribution in [-0.2, 0) is 10.3 Å². The van der Waals surface area contributed by atoms with Crippen molar-refractivity contribution in [2.24, 2.45) is 5.92 Å². The summed E-state index contributed by atoms with van der Waals surface area (Å²) in [4.78, 5) is 16.8. The average Bonchev–Trinajstić information content (AvgIpc) is 3.16. The Morgan fingerprint density at radius 2 is 1.88 bits per heavy atom. The molecule has 3 saturated heterocycles. The van der Waals surface area contributed by atoms with Gasteiger partial charge in [0.05, 0.1) is 17.8 Å². The number of ether oxygens (including phenoxy) is 2. The molecule has 4 heterocycles. The van der Waals surface area contributed by atoms with Gasteiger partial charge in [-0.3, -0.25) is 4.90 Å². The molecule has 1 unspecified atom stereocenters. The molecular weight excluding hydrogens is 432 g/mol. The van der Waals surface area contributed by atoms with Gasteiger partial charge in [-0.2, -0.15) is 0 Å². The number of carbonyl (C=O) groups is 1. The van der Waals surface area contributed by atoms with Gasteiger partial charge in [-0.1, -0.05) is 18.2 Å². The lowest BCUT2D eigenvalue weighted by molar-refractivity contribution is 0.0355. The number of aromatic nitrogens is 2. The van der Waals surface area contributed by atoms with E-state index >= 15 is 0 Å². The van der Waals surface area contributed by atoms with E-state index < -0.39 is 11.6 Å². The highest BCUT2D eigenvalue weighted by atomic mass is 16.5. The molecule has 0 saturated carbocycles. The van der Waals surface area contributed by atoms with Crippen LogP contribution in [0.3, 0.4) is 0 Å². The summed E-state index contributed by atoms with van der Waals surface area (Å²) >= 11 is 0. The van der Waals surface area contributed by atoms with Gasteiger partial charge in [0.15, 0.2) is 0 Å². The van der Waals surface area contributed by atoms with Gasteiger partial charge in [0.1, 0.15) is 0 Å². The molecule has 5 rings (SSSR count). The molecule has 34 heavy (non-hydrogen) atoms. The van der Waals surface area contributed by atoms with E-state index in [1.54, 1.807) is 12.0 Å². The molecule has 1 aromatic carbocycles. The SMILES string of the molecule is COCCCOc1ccc(-c2cccc(C(C)(C)N(C(=O)O)C3CCN4CCC3CC4)c2)nn1. The molecule has 3 fully saturated rings. The summed E-state index contributed by atoms with van der Waals surface area (Å²) in [5.41, 5.74) is 1.90. The zero-order valence-electron chi connectivity index (χ0n) is 20.4. The first-order valence-corrected chi connectivity index (χ1v) is 12.2. The number of fused-ring (bicyclic) bond motifs is 4. The van der Waals surface area contributed by atoms with Crippen LogP contribution in [0.4, 0.5) is 4.79 Å². The monoisotopic (exact) mass is 468 g/mol. The fraction of sp³-hybridized carbons (Fsp3) is 0.577. The van der Waals surface area contributed by atoms with E-state index in [2.05, 4.69) is 15.1 Å². The minimum absolute atomic E-state index is 0.0259. The van der Waals surface area contributed by atoms with Crippen molar-refractivity contribution < 1.29 is 19.4 Å². The topological polar surface area (TPSA) is 88.0 Å². The van der Waals surface area contributed by atoms with Gasteiger partial charge in [0, 0.05) is 44.4 Å². The van der Waals surface area contributed by atoms with E-state index in [1.807, 2.05) is 50.2 Å². The molecule has 1 atom stereocenters. The second-order valence-electron chi connectivity index (χ2n) is 9.78. The van der Waals surface area contributed by atoms with Crippen LogP contribution >= 0.6 is 0 Å². The first-order valence-electron chi connectivity index (χ1n) is 12.2. The van der Waals surface area contributed by atoms with E-state index in [1.165, 1.54) is 0 Å². The Morgan fingerprint density at radius 3 is 2.56 bits per heavy atom. The Balaban J connectivity index is 1.54. The third-order valence-corrected chi connectivity index (χ3v) is 7.31. The lowest BCUT2D eigenvalue weighted by atomic mass is 9.84. The summed E-state index contributed by atoms with van der Waals surface area (Å²) in [6.45, 7) is 8.32. The third kappa shape index (κ3) is 5.33. The lowest BCUT2D eigenvalue weighted by Crippen LogP contribution is -2.53. The van der Waals surface area contributed by atoms with Gasteiger partial charge in [-0.05, 0) is 69.8 Å². The summed E-state index contributed by atoms with van der Waals surface area (Å²) in [5, 5.41) is 18.9. The number of piperidine rings is 1. The van der Waals surface area contributed by atoms with Crippen LogP contribution in [0, 0.1) is 5.92 Å². The van der Waals surface area contributed by atoms with Crippen molar-refractivity contribution in [1.29, 1.82) is 0 Å². The minimum atomic E-state index is -0.851. The van der Waals surface area contributed by atoms with Crippen LogP contribution in [-0.4, -0.2) is 77.2 Å². The maximum Gasteiger partial charge on any atom is 0.408 e. The first kappa shape index (κ1) is 24.4.